The van der Waals surface area contributed by atoms with Crippen LogP contribution in [0.5, 0.6) is 0 Å². The number of hydrogen-bond donors (Lipinski definition) is 2. The van der Waals surface area contributed by atoms with Crippen LogP contribution in [0.15, 0.2) is 41.9 Å². The molecule has 0 aromatic carbocycles. The molecule has 1 aliphatic rings. The summed E-state index contributed by atoms with van der Waals surface area (Å²) < 4.78 is 0. The predicted molar refractivity (Wildman–Crippen MR) is 100 cm³/mol. The van der Waals surface area contributed by atoms with E-state index in [2.05, 4.69) is 25.4 Å². The van der Waals surface area contributed by atoms with Gasteiger partial charge in [0.2, 0.25) is 0 Å². The van der Waals surface area contributed by atoms with Gasteiger partial charge in [0.15, 0.2) is 5.69 Å². The van der Waals surface area contributed by atoms with Crippen LogP contribution in [0.2, 0.25) is 0 Å². The number of nitrogens with one attached hydrogen (secondary N) is 2. The van der Waals surface area contributed by atoms with Crippen molar-refractivity contribution < 1.29 is 4.79 Å². The predicted octanol–water partition coefficient (Wildman–Crippen LogP) is 3.78. The molecule has 25 heavy (non-hydrogen) atoms. The van der Waals surface area contributed by atoms with Crippen LogP contribution in [0.3, 0.4) is 0 Å². The Hall–Kier alpha value is -2.67. The highest BCUT2D eigenvalue weighted by atomic mass is 32.1. The van der Waals surface area contributed by atoms with Gasteiger partial charge in [0.05, 0.1) is 22.5 Å². The van der Waals surface area contributed by atoms with E-state index in [1.165, 1.54) is 19.3 Å². The Morgan fingerprint density at radius 1 is 1.20 bits per heavy atom. The van der Waals surface area contributed by atoms with Crippen molar-refractivity contribution in [1.82, 2.24) is 15.2 Å². The van der Waals surface area contributed by atoms with E-state index in [4.69, 9.17) is 0 Å². The summed E-state index contributed by atoms with van der Waals surface area (Å²) in [7, 11) is 0. The molecular formula is C18H19N5OS. The summed E-state index contributed by atoms with van der Waals surface area (Å²) in [6, 6.07) is 9.56. The molecule has 0 unspecified atom stereocenters. The highest BCUT2D eigenvalue weighted by Gasteiger charge is 2.14. The zero-order valence-corrected chi connectivity index (χ0v) is 14.6. The van der Waals surface area contributed by atoms with Gasteiger partial charge in [-0.3, -0.25) is 9.89 Å². The number of aromatic amines is 1. The van der Waals surface area contributed by atoms with Crippen molar-refractivity contribution >= 4 is 28.7 Å². The van der Waals surface area contributed by atoms with Crippen molar-refractivity contribution in [2.75, 3.05) is 23.3 Å². The number of carbonyl (C=O) groups is 1. The van der Waals surface area contributed by atoms with E-state index < -0.39 is 0 Å². The number of carbonyl (C=O) groups excluding carboxylic acids is 1. The zero-order chi connectivity index (χ0) is 17.1. The highest BCUT2D eigenvalue weighted by Crippen LogP contribution is 2.23. The second kappa shape index (κ2) is 7.06. The first-order valence-corrected chi connectivity index (χ1v) is 9.29. The Morgan fingerprint density at radius 2 is 2.08 bits per heavy atom. The smallest absolute Gasteiger partial charge is 0.277 e. The minimum absolute atomic E-state index is 0.266. The van der Waals surface area contributed by atoms with Crippen molar-refractivity contribution in [1.29, 1.82) is 0 Å². The highest BCUT2D eigenvalue weighted by molar-refractivity contribution is 7.13. The number of amides is 1. The van der Waals surface area contributed by atoms with E-state index in [9.17, 15) is 4.79 Å². The van der Waals surface area contributed by atoms with E-state index in [1.54, 1.807) is 17.4 Å². The zero-order valence-electron chi connectivity index (χ0n) is 13.7. The lowest BCUT2D eigenvalue weighted by Crippen LogP contribution is -2.29. The number of hydrogen-bond acceptors (Lipinski definition) is 5. The van der Waals surface area contributed by atoms with Crippen molar-refractivity contribution in [2.24, 2.45) is 0 Å². The summed E-state index contributed by atoms with van der Waals surface area (Å²) in [5.41, 5.74) is 2.30. The van der Waals surface area contributed by atoms with Crippen molar-refractivity contribution in [2.45, 2.75) is 19.3 Å². The molecule has 1 amide bonds. The third kappa shape index (κ3) is 3.56. The molecule has 6 nitrogen and oxygen atoms in total. The average molecular weight is 353 g/mol. The van der Waals surface area contributed by atoms with E-state index in [0.29, 0.717) is 11.5 Å². The molecule has 0 atom stereocenters. The Kier molecular flexibility index (Phi) is 4.47. The minimum Gasteiger partial charge on any atom is -0.370 e. The molecule has 3 aromatic rings. The fourth-order valence-electron chi connectivity index (χ4n) is 2.98. The second-order valence-electron chi connectivity index (χ2n) is 6.05. The Morgan fingerprint density at radius 3 is 2.80 bits per heavy atom. The van der Waals surface area contributed by atoms with Crippen LogP contribution < -0.4 is 10.2 Å². The molecule has 1 aliphatic heterocycles. The Balaban J connectivity index is 1.42. The average Bonchev–Trinajstić information content (AvgIpc) is 3.35. The lowest BCUT2D eigenvalue weighted by atomic mass is 10.1. The quantitative estimate of drug-likeness (QED) is 0.749. The first kappa shape index (κ1) is 15.8. The molecule has 4 rings (SSSR count). The maximum absolute atomic E-state index is 12.3. The standard InChI is InChI=1S/C18H19N5OS/c24-18(15-11-14(21-22-15)16-5-4-10-25-16)20-17-7-6-13(12-19-17)23-8-2-1-3-9-23/h4-7,10-12H,1-3,8-9H2,(H,21,22)(H,19,20,24). The first-order chi connectivity index (χ1) is 12.3. The number of H-pyrrole nitrogens is 1. The van der Waals surface area contributed by atoms with Crippen LogP contribution >= 0.6 is 11.3 Å². The largest absolute Gasteiger partial charge is 0.370 e. The summed E-state index contributed by atoms with van der Waals surface area (Å²) in [4.78, 5) is 20.1. The van der Waals surface area contributed by atoms with Gasteiger partial charge in [-0.05, 0) is 48.9 Å². The third-order valence-electron chi connectivity index (χ3n) is 4.31. The molecule has 128 valence electrons. The fourth-order valence-corrected chi connectivity index (χ4v) is 3.67. The number of thiophene rings is 1. The van der Waals surface area contributed by atoms with E-state index in [0.717, 1.165) is 29.3 Å². The van der Waals surface area contributed by atoms with Crippen LogP contribution in [-0.4, -0.2) is 34.2 Å². The van der Waals surface area contributed by atoms with Gasteiger partial charge in [-0.25, -0.2) is 4.98 Å². The van der Waals surface area contributed by atoms with Crippen molar-refractivity contribution in [3.63, 3.8) is 0 Å². The molecule has 1 saturated heterocycles. The molecule has 0 saturated carbocycles. The lowest BCUT2D eigenvalue weighted by Gasteiger charge is -2.28. The summed E-state index contributed by atoms with van der Waals surface area (Å²) >= 11 is 1.60. The molecule has 0 aliphatic carbocycles. The number of anilines is 2. The summed E-state index contributed by atoms with van der Waals surface area (Å²) in [5, 5.41) is 11.8. The number of piperidine rings is 1. The van der Waals surface area contributed by atoms with Gasteiger partial charge in [-0.2, -0.15) is 5.10 Å². The molecule has 0 spiro atoms. The molecular weight excluding hydrogens is 334 g/mol. The van der Waals surface area contributed by atoms with Crippen molar-refractivity contribution in [3.05, 3.63) is 47.6 Å². The number of nitrogens with zero attached hydrogens (tertiary/aromatic N) is 3. The Labute approximate surface area is 149 Å². The van der Waals surface area contributed by atoms with Crippen LogP contribution in [0, 0.1) is 0 Å². The summed E-state index contributed by atoms with van der Waals surface area (Å²) in [6.07, 6.45) is 5.58. The van der Waals surface area contributed by atoms with Crippen molar-refractivity contribution in [3.8, 4) is 10.6 Å². The fraction of sp³-hybridized carbons (Fsp3) is 0.278. The van der Waals surface area contributed by atoms with Gasteiger partial charge in [-0.1, -0.05) is 6.07 Å². The molecule has 0 radical (unpaired) electrons. The maximum Gasteiger partial charge on any atom is 0.277 e. The van der Waals surface area contributed by atoms with E-state index in [-0.39, 0.29) is 5.91 Å². The van der Waals surface area contributed by atoms with Crippen LogP contribution in [-0.2, 0) is 0 Å². The van der Waals surface area contributed by atoms with Gasteiger partial charge in [0.1, 0.15) is 5.82 Å². The Bertz CT molecular complexity index is 835. The third-order valence-corrected chi connectivity index (χ3v) is 5.21. The SMILES string of the molecule is O=C(Nc1ccc(N2CCCCC2)cn1)c1cc(-c2cccs2)[nH]n1. The molecule has 3 aromatic heterocycles. The van der Waals surface area contributed by atoms with Gasteiger partial charge >= 0.3 is 0 Å². The van der Waals surface area contributed by atoms with Crippen LogP contribution in [0.25, 0.3) is 10.6 Å². The molecule has 1 fully saturated rings. The molecule has 7 heteroatoms. The lowest BCUT2D eigenvalue weighted by molar-refractivity contribution is 0.102. The van der Waals surface area contributed by atoms with Gasteiger partial charge < -0.3 is 10.2 Å². The normalized spacial score (nSPS) is 14.5. The molecule has 2 N–H and O–H groups in total. The maximum atomic E-state index is 12.3. The number of rotatable bonds is 4. The van der Waals surface area contributed by atoms with Crippen LogP contribution in [0.1, 0.15) is 29.8 Å². The summed E-state index contributed by atoms with van der Waals surface area (Å²) in [6.45, 7) is 2.15. The van der Waals surface area contributed by atoms with Gasteiger partial charge in [0, 0.05) is 13.1 Å². The van der Waals surface area contributed by atoms with E-state index in [1.807, 2.05) is 35.8 Å². The number of aromatic nitrogens is 3. The molecule has 4 heterocycles. The second-order valence-corrected chi connectivity index (χ2v) is 7.00. The van der Waals surface area contributed by atoms with Gasteiger partial charge in [0.25, 0.3) is 5.91 Å². The summed E-state index contributed by atoms with van der Waals surface area (Å²) in [5.74, 6) is 0.267. The van der Waals surface area contributed by atoms with Gasteiger partial charge in [-0.15, -0.1) is 11.3 Å². The molecule has 0 bridgehead atoms. The topological polar surface area (TPSA) is 73.9 Å². The number of pyridine rings is 1. The van der Waals surface area contributed by atoms with E-state index >= 15 is 0 Å². The first-order valence-electron chi connectivity index (χ1n) is 8.41. The van der Waals surface area contributed by atoms with Crippen LogP contribution in [0.4, 0.5) is 11.5 Å². The minimum atomic E-state index is -0.266. The monoisotopic (exact) mass is 353 g/mol.